The third-order valence-corrected chi connectivity index (χ3v) is 3.76. The zero-order valence-electron chi connectivity index (χ0n) is 11.9. The summed E-state index contributed by atoms with van der Waals surface area (Å²) in [5.41, 5.74) is 0.456. The van der Waals surface area contributed by atoms with Crippen LogP contribution in [0.25, 0.3) is 10.8 Å². The smallest absolute Gasteiger partial charge is 0.166 e. The molecule has 3 heteroatoms. The molecule has 3 N–H and O–H groups in total. The van der Waals surface area contributed by atoms with E-state index in [0.29, 0.717) is 22.8 Å². The van der Waals surface area contributed by atoms with E-state index in [-0.39, 0.29) is 17.2 Å². The van der Waals surface area contributed by atoms with Crippen molar-refractivity contribution in [3.05, 3.63) is 29.8 Å². The first-order chi connectivity index (χ1) is 9.66. The van der Waals surface area contributed by atoms with Crippen molar-refractivity contribution in [3.63, 3.8) is 0 Å². The lowest BCUT2D eigenvalue weighted by atomic mass is 9.98. The standard InChI is InChI=1S/C17H22O3/c1-2-3-4-5-6-11-14-15(18)12-9-7-8-10-13(12)16(19)17(14)20/h7-10,18-20H,2-6,11H2,1H3. The van der Waals surface area contributed by atoms with Crippen molar-refractivity contribution in [3.8, 4) is 17.2 Å². The summed E-state index contributed by atoms with van der Waals surface area (Å²) in [4.78, 5) is 0. The molecule has 2 aromatic carbocycles. The van der Waals surface area contributed by atoms with E-state index in [9.17, 15) is 15.3 Å². The average Bonchev–Trinajstić information content (AvgIpc) is 2.48. The molecule has 0 aliphatic heterocycles. The second-order valence-electron chi connectivity index (χ2n) is 5.23. The number of phenols is 3. The Balaban J connectivity index is 2.24. The van der Waals surface area contributed by atoms with E-state index in [1.165, 1.54) is 12.8 Å². The van der Waals surface area contributed by atoms with Crippen molar-refractivity contribution in [2.75, 3.05) is 0 Å². The Bertz CT molecular complexity index is 590. The molecule has 108 valence electrons. The third-order valence-electron chi connectivity index (χ3n) is 3.76. The summed E-state index contributed by atoms with van der Waals surface area (Å²) in [5.74, 6) is -0.231. The van der Waals surface area contributed by atoms with Crippen LogP contribution in [0.4, 0.5) is 0 Å². The van der Waals surface area contributed by atoms with Gasteiger partial charge >= 0.3 is 0 Å². The summed E-state index contributed by atoms with van der Waals surface area (Å²) in [6, 6.07) is 7.02. The van der Waals surface area contributed by atoms with Crippen molar-refractivity contribution < 1.29 is 15.3 Å². The van der Waals surface area contributed by atoms with Gasteiger partial charge in [0.1, 0.15) is 5.75 Å². The molecule has 2 aromatic rings. The van der Waals surface area contributed by atoms with E-state index in [2.05, 4.69) is 6.92 Å². The SMILES string of the molecule is CCCCCCCc1c(O)c(O)c2ccccc2c1O. The number of rotatable bonds is 6. The molecular weight excluding hydrogens is 252 g/mol. The lowest BCUT2D eigenvalue weighted by Gasteiger charge is -2.12. The van der Waals surface area contributed by atoms with E-state index in [0.717, 1.165) is 19.3 Å². The molecule has 0 spiro atoms. The highest BCUT2D eigenvalue weighted by Gasteiger charge is 2.17. The molecule has 0 amide bonds. The monoisotopic (exact) mass is 274 g/mol. The molecule has 0 unspecified atom stereocenters. The van der Waals surface area contributed by atoms with Crippen molar-refractivity contribution in [2.45, 2.75) is 45.4 Å². The minimum Gasteiger partial charge on any atom is -0.507 e. The number of hydrogen-bond donors (Lipinski definition) is 3. The lowest BCUT2D eigenvalue weighted by molar-refractivity contribution is 0.394. The van der Waals surface area contributed by atoms with Crippen LogP contribution >= 0.6 is 0 Å². The first-order valence-electron chi connectivity index (χ1n) is 7.31. The average molecular weight is 274 g/mol. The second-order valence-corrected chi connectivity index (χ2v) is 5.23. The normalized spacial score (nSPS) is 11.1. The molecule has 0 aliphatic rings. The fraction of sp³-hybridized carbons (Fsp3) is 0.412. The van der Waals surface area contributed by atoms with Gasteiger partial charge in [0.05, 0.1) is 0 Å². The second kappa shape index (κ2) is 6.51. The largest absolute Gasteiger partial charge is 0.507 e. The van der Waals surface area contributed by atoms with Gasteiger partial charge in [0, 0.05) is 16.3 Å². The fourth-order valence-electron chi connectivity index (χ4n) is 2.58. The van der Waals surface area contributed by atoms with Crippen LogP contribution in [0, 0.1) is 0 Å². The number of unbranched alkanes of at least 4 members (excludes halogenated alkanes) is 4. The predicted molar refractivity (Wildman–Crippen MR) is 81.4 cm³/mol. The molecular formula is C17H22O3. The summed E-state index contributed by atoms with van der Waals surface area (Å²) in [6.45, 7) is 2.17. The molecule has 20 heavy (non-hydrogen) atoms. The highest BCUT2D eigenvalue weighted by atomic mass is 16.3. The molecule has 0 saturated heterocycles. The number of aromatic hydroxyl groups is 3. The molecule has 0 fully saturated rings. The zero-order chi connectivity index (χ0) is 14.5. The van der Waals surface area contributed by atoms with Gasteiger partial charge in [-0.3, -0.25) is 0 Å². The van der Waals surface area contributed by atoms with E-state index in [4.69, 9.17) is 0 Å². The van der Waals surface area contributed by atoms with Gasteiger partial charge in [0.25, 0.3) is 0 Å². The maximum atomic E-state index is 10.3. The van der Waals surface area contributed by atoms with E-state index in [1.54, 1.807) is 18.2 Å². The molecule has 3 nitrogen and oxygen atoms in total. The van der Waals surface area contributed by atoms with Gasteiger partial charge in [-0.05, 0) is 12.8 Å². The Morgan fingerprint density at radius 3 is 2.00 bits per heavy atom. The maximum Gasteiger partial charge on any atom is 0.166 e. The van der Waals surface area contributed by atoms with Crippen LogP contribution in [0.5, 0.6) is 17.2 Å². The molecule has 0 radical (unpaired) electrons. The van der Waals surface area contributed by atoms with Crippen LogP contribution < -0.4 is 0 Å². The summed E-state index contributed by atoms with van der Waals surface area (Å²) < 4.78 is 0. The van der Waals surface area contributed by atoms with Crippen molar-refractivity contribution in [2.24, 2.45) is 0 Å². The van der Waals surface area contributed by atoms with Gasteiger partial charge in [0.2, 0.25) is 0 Å². The van der Waals surface area contributed by atoms with Crippen LogP contribution in [0.3, 0.4) is 0 Å². The molecule has 0 aromatic heterocycles. The van der Waals surface area contributed by atoms with Gasteiger partial charge in [0.15, 0.2) is 11.5 Å². The van der Waals surface area contributed by atoms with Crippen molar-refractivity contribution >= 4 is 10.8 Å². The van der Waals surface area contributed by atoms with Gasteiger partial charge in [-0.25, -0.2) is 0 Å². The quantitative estimate of drug-likeness (QED) is 0.414. The maximum absolute atomic E-state index is 10.3. The van der Waals surface area contributed by atoms with Gasteiger partial charge in [-0.2, -0.15) is 0 Å². The minimum atomic E-state index is -0.184. The van der Waals surface area contributed by atoms with Crippen LogP contribution in [0.1, 0.15) is 44.6 Å². The van der Waals surface area contributed by atoms with Gasteiger partial charge < -0.3 is 15.3 Å². The molecule has 0 aliphatic carbocycles. The number of fused-ring (bicyclic) bond motifs is 1. The molecule has 0 heterocycles. The lowest BCUT2D eigenvalue weighted by Crippen LogP contribution is -1.91. The Morgan fingerprint density at radius 2 is 1.35 bits per heavy atom. The van der Waals surface area contributed by atoms with Crippen LogP contribution in [-0.4, -0.2) is 15.3 Å². The summed E-state index contributed by atoms with van der Waals surface area (Å²) >= 11 is 0. The highest BCUT2D eigenvalue weighted by molar-refractivity contribution is 5.96. The summed E-state index contributed by atoms with van der Waals surface area (Å²) in [5, 5.41) is 31.5. The third kappa shape index (κ3) is 2.82. The minimum absolute atomic E-state index is 0.0893. The van der Waals surface area contributed by atoms with Crippen LogP contribution in [-0.2, 0) is 6.42 Å². The predicted octanol–water partition coefficient (Wildman–Crippen LogP) is 4.47. The topological polar surface area (TPSA) is 60.7 Å². The summed E-state index contributed by atoms with van der Waals surface area (Å²) in [6.07, 6.45) is 6.12. The van der Waals surface area contributed by atoms with Crippen molar-refractivity contribution in [1.29, 1.82) is 0 Å². The number of hydrogen-bond acceptors (Lipinski definition) is 3. The Labute approximate surface area is 119 Å². The van der Waals surface area contributed by atoms with Gasteiger partial charge in [-0.1, -0.05) is 56.9 Å². The Kier molecular flexibility index (Phi) is 4.72. The van der Waals surface area contributed by atoms with Crippen molar-refractivity contribution in [1.82, 2.24) is 0 Å². The fourth-order valence-corrected chi connectivity index (χ4v) is 2.58. The number of benzene rings is 2. The first kappa shape index (κ1) is 14.5. The van der Waals surface area contributed by atoms with Crippen LogP contribution in [0.15, 0.2) is 24.3 Å². The van der Waals surface area contributed by atoms with E-state index < -0.39 is 0 Å². The molecule has 2 rings (SSSR count). The zero-order valence-corrected chi connectivity index (χ0v) is 11.9. The molecule has 0 bridgehead atoms. The van der Waals surface area contributed by atoms with Crippen LogP contribution in [0.2, 0.25) is 0 Å². The highest BCUT2D eigenvalue weighted by Crippen LogP contribution is 2.44. The van der Waals surface area contributed by atoms with E-state index >= 15 is 0 Å². The molecule has 0 saturated carbocycles. The first-order valence-corrected chi connectivity index (χ1v) is 7.31. The van der Waals surface area contributed by atoms with Gasteiger partial charge in [-0.15, -0.1) is 0 Å². The van der Waals surface area contributed by atoms with E-state index in [1.807, 2.05) is 6.07 Å². The summed E-state index contributed by atoms with van der Waals surface area (Å²) in [7, 11) is 0. The Morgan fingerprint density at radius 1 is 0.750 bits per heavy atom. The number of phenolic OH excluding ortho intramolecular Hbond substituents is 3. The Hall–Kier alpha value is -1.90. The molecule has 0 atom stereocenters.